The van der Waals surface area contributed by atoms with Crippen molar-refractivity contribution in [3.8, 4) is 0 Å². The van der Waals surface area contributed by atoms with E-state index in [-0.39, 0.29) is 12.7 Å². The summed E-state index contributed by atoms with van der Waals surface area (Å²) < 4.78 is 67.6. The molecule has 0 spiro atoms. The third kappa shape index (κ3) is 3.78. The molecular weight excluding hydrogens is 287 g/mol. The van der Waals surface area contributed by atoms with Gasteiger partial charge < -0.3 is 10.5 Å². The van der Waals surface area contributed by atoms with Gasteiger partial charge in [0.1, 0.15) is 11.5 Å². The van der Waals surface area contributed by atoms with Gasteiger partial charge in [-0.25, -0.2) is 13.8 Å². The monoisotopic (exact) mass is 298 g/mol. The van der Waals surface area contributed by atoms with Crippen LogP contribution in [0.1, 0.15) is 30.2 Å². The van der Waals surface area contributed by atoms with E-state index in [0.29, 0.717) is 0 Å². The predicted octanol–water partition coefficient (Wildman–Crippen LogP) is 2.73. The van der Waals surface area contributed by atoms with Crippen LogP contribution in [0.4, 0.5) is 27.8 Å². The molecule has 0 atom stereocenters. The van der Waals surface area contributed by atoms with Crippen LogP contribution in [0, 0.1) is 0 Å². The van der Waals surface area contributed by atoms with E-state index < -0.39 is 47.6 Å². The molecule has 0 bridgehead atoms. The van der Waals surface area contributed by atoms with Crippen molar-refractivity contribution in [3.63, 3.8) is 0 Å². The van der Waals surface area contributed by atoms with E-state index in [1.54, 1.807) is 0 Å². The number of aromatic nitrogens is 1. The average molecular weight is 298 g/mol. The Morgan fingerprint density at radius 3 is 2.50 bits per heavy atom. The molecule has 1 rings (SSSR count). The van der Waals surface area contributed by atoms with Gasteiger partial charge >= 0.3 is 12.1 Å². The number of anilines is 1. The molecule has 0 radical (unpaired) electrons. The zero-order valence-corrected chi connectivity index (χ0v) is 10.3. The summed E-state index contributed by atoms with van der Waals surface area (Å²) in [5.41, 5.74) is 2.29. The van der Waals surface area contributed by atoms with Crippen molar-refractivity contribution in [2.24, 2.45) is 0 Å². The largest absolute Gasteiger partial charge is 0.466 e. The van der Waals surface area contributed by atoms with Crippen molar-refractivity contribution < 1.29 is 31.5 Å². The lowest BCUT2D eigenvalue weighted by Gasteiger charge is -2.14. The lowest BCUT2D eigenvalue weighted by atomic mass is 10.0. The molecule has 1 aromatic rings. The molecule has 0 saturated heterocycles. The summed E-state index contributed by atoms with van der Waals surface area (Å²) in [5.74, 6) is -1.63. The molecule has 20 heavy (non-hydrogen) atoms. The van der Waals surface area contributed by atoms with Crippen LogP contribution in [0.5, 0.6) is 0 Å². The number of nitrogens with two attached hydrogens (primary N) is 1. The Hall–Kier alpha value is -1.93. The Kier molecular flexibility index (Phi) is 4.85. The Balaban J connectivity index is 3.27. The summed E-state index contributed by atoms with van der Waals surface area (Å²) in [6.07, 6.45) is -8.78. The number of pyridine rings is 1. The Bertz CT molecular complexity index is 502. The molecule has 0 saturated carbocycles. The van der Waals surface area contributed by atoms with Gasteiger partial charge in [0.2, 0.25) is 0 Å². The quantitative estimate of drug-likeness (QED) is 0.685. The van der Waals surface area contributed by atoms with Gasteiger partial charge in [-0.15, -0.1) is 0 Å². The van der Waals surface area contributed by atoms with E-state index >= 15 is 0 Å². The zero-order valence-electron chi connectivity index (χ0n) is 10.3. The first kappa shape index (κ1) is 16.1. The number of hydrogen-bond acceptors (Lipinski definition) is 4. The first-order valence-electron chi connectivity index (χ1n) is 5.47. The van der Waals surface area contributed by atoms with Gasteiger partial charge in [0.25, 0.3) is 6.43 Å². The summed E-state index contributed by atoms with van der Waals surface area (Å²) in [6, 6.07) is 0.190. The van der Waals surface area contributed by atoms with Gasteiger partial charge in [-0.3, -0.25) is 4.79 Å². The molecule has 1 aromatic heterocycles. The van der Waals surface area contributed by atoms with Crippen LogP contribution in [-0.4, -0.2) is 17.6 Å². The molecule has 1 heterocycles. The molecule has 0 aromatic carbocycles. The van der Waals surface area contributed by atoms with E-state index in [1.807, 2.05) is 0 Å². The highest BCUT2D eigenvalue weighted by molar-refractivity contribution is 5.75. The van der Waals surface area contributed by atoms with Crippen molar-refractivity contribution in [1.29, 1.82) is 0 Å². The van der Waals surface area contributed by atoms with Gasteiger partial charge in [-0.2, -0.15) is 13.2 Å². The number of carbonyl (C=O) groups excluding carboxylic acids is 1. The third-order valence-corrected chi connectivity index (χ3v) is 2.34. The molecule has 2 N–H and O–H groups in total. The number of alkyl halides is 5. The van der Waals surface area contributed by atoms with Gasteiger partial charge in [0.15, 0.2) is 0 Å². The summed E-state index contributed by atoms with van der Waals surface area (Å²) in [6.45, 7) is 1.51. The molecule has 0 aliphatic carbocycles. The second-order valence-electron chi connectivity index (χ2n) is 3.74. The van der Waals surface area contributed by atoms with Crippen molar-refractivity contribution in [3.05, 3.63) is 22.9 Å². The van der Waals surface area contributed by atoms with E-state index in [1.165, 1.54) is 6.92 Å². The van der Waals surface area contributed by atoms with Crippen LogP contribution in [-0.2, 0) is 22.1 Å². The average Bonchev–Trinajstić information content (AvgIpc) is 2.30. The van der Waals surface area contributed by atoms with Crippen LogP contribution in [0.15, 0.2) is 6.07 Å². The Labute approximate surface area is 110 Å². The molecule has 0 aliphatic rings. The van der Waals surface area contributed by atoms with Crippen LogP contribution < -0.4 is 5.73 Å². The van der Waals surface area contributed by atoms with Crippen molar-refractivity contribution in [2.75, 3.05) is 12.3 Å². The Morgan fingerprint density at radius 1 is 1.45 bits per heavy atom. The lowest BCUT2D eigenvalue weighted by molar-refractivity contribution is -0.142. The van der Waals surface area contributed by atoms with Gasteiger partial charge in [0.05, 0.1) is 13.0 Å². The summed E-state index contributed by atoms with van der Waals surface area (Å²) in [7, 11) is 0. The van der Waals surface area contributed by atoms with Crippen molar-refractivity contribution in [1.82, 2.24) is 4.98 Å². The molecule has 9 heteroatoms. The Morgan fingerprint density at radius 2 is 2.05 bits per heavy atom. The van der Waals surface area contributed by atoms with Crippen LogP contribution in [0.25, 0.3) is 0 Å². The molecular formula is C11H11F5N2O2. The normalized spacial score (nSPS) is 11.8. The predicted molar refractivity (Wildman–Crippen MR) is 58.9 cm³/mol. The van der Waals surface area contributed by atoms with E-state index in [0.717, 1.165) is 0 Å². The number of ether oxygens (including phenoxy) is 1. The lowest BCUT2D eigenvalue weighted by Crippen LogP contribution is -2.16. The fourth-order valence-electron chi connectivity index (χ4n) is 1.50. The second-order valence-corrected chi connectivity index (χ2v) is 3.74. The molecule has 112 valence electrons. The number of carbonyl (C=O) groups is 1. The maximum Gasteiger partial charge on any atom is 0.433 e. The summed E-state index contributed by atoms with van der Waals surface area (Å²) in [5, 5.41) is 0. The first-order chi connectivity index (χ1) is 9.16. The smallest absolute Gasteiger partial charge is 0.433 e. The minimum Gasteiger partial charge on any atom is -0.466 e. The minimum atomic E-state index is -4.90. The molecule has 0 unspecified atom stereocenters. The maximum atomic E-state index is 12.8. The highest BCUT2D eigenvalue weighted by atomic mass is 19.4. The van der Waals surface area contributed by atoms with Crippen LogP contribution >= 0.6 is 0 Å². The minimum absolute atomic E-state index is 0.0107. The first-order valence-corrected chi connectivity index (χ1v) is 5.47. The fraction of sp³-hybridized carbons (Fsp3) is 0.455. The number of rotatable bonds is 4. The van der Waals surface area contributed by atoms with Crippen molar-refractivity contribution >= 4 is 11.8 Å². The standard InChI is InChI=1S/C11H11F5N2O2/c1-2-20-8(19)4-6-5(9(12)13)3-7(11(14,15)16)18-10(6)17/h3,9H,2,4H2,1H3,(H2,17,18). The molecule has 0 aliphatic heterocycles. The second kappa shape index (κ2) is 6.02. The van der Waals surface area contributed by atoms with E-state index in [4.69, 9.17) is 5.73 Å². The van der Waals surface area contributed by atoms with Crippen LogP contribution in [0.2, 0.25) is 0 Å². The van der Waals surface area contributed by atoms with Crippen LogP contribution in [0.3, 0.4) is 0 Å². The number of nitrogen functional groups attached to an aromatic ring is 1. The third-order valence-electron chi connectivity index (χ3n) is 2.34. The maximum absolute atomic E-state index is 12.8. The SMILES string of the molecule is CCOC(=O)Cc1c(C(F)F)cc(C(F)(F)F)nc1N. The summed E-state index contributed by atoms with van der Waals surface area (Å²) >= 11 is 0. The van der Waals surface area contributed by atoms with Gasteiger partial charge in [0, 0.05) is 11.1 Å². The number of hydrogen-bond donors (Lipinski definition) is 1. The molecule has 0 fully saturated rings. The topological polar surface area (TPSA) is 65.2 Å². The highest BCUT2D eigenvalue weighted by Crippen LogP contribution is 2.34. The molecule has 0 amide bonds. The summed E-state index contributed by atoms with van der Waals surface area (Å²) in [4.78, 5) is 14.3. The number of nitrogens with zero attached hydrogens (tertiary/aromatic N) is 1. The molecule has 4 nitrogen and oxygen atoms in total. The van der Waals surface area contributed by atoms with E-state index in [9.17, 15) is 26.7 Å². The highest BCUT2D eigenvalue weighted by Gasteiger charge is 2.35. The van der Waals surface area contributed by atoms with Crippen molar-refractivity contribution in [2.45, 2.75) is 25.9 Å². The number of esters is 1. The number of halogens is 5. The van der Waals surface area contributed by atoms with E-state index in [2.05, 4.69) is 9.72 Å². The van der Waals surface area contributed by atoms with Gasteiger partial charge in [-0.05, 0) is 13.0 Å². The van der Waals surface area contributed by atoms with Gasteiger partial charge in [-0.1, -0.05) is 0 Å². The fourth-order valence-corrected chi connectivity index (χ4v) is 1.50. The zero-order chi connectivity index (χ0) is 15.5.